The average molecular weight is 571 g/mol. The quantitative estimate of drug-likeness (QED) is 0.210. The number of amides is 4. The number of hydrogen-bond acceptors (Lipinski definition) is 5. The van der Waals surface area contributed by atoms with Crippen LogP contribution in [0.25, 0.3) is 16.8 Å². The first kappa shape index (κ1) is 25.2. The lowest BCUT2D eigenvalue weighted by Gasteiger charge is -2.26. The van der Waals surface area contributed by atoms with Crippen molar-refractivity contribution in [2.45, 2.75) is 13.5 Å². The Morgan fingerprint density at radius 2 is 1.61 bits per heavy atom. The topological polar surface area (TPSA) is 84.9 Å². The van der Waals surface area contributed by atoms with E-state index in [-0.39, 0.29) is 5.57 Å². The van der Waals surface area contributed by atoms with Crippen molar-refractivity contribution in [3.05, 3.63) is 106 Å². The van der Waals surface area contributed by atoms with Gasteiger partial charge in [-0.3, -0.25) is 14.9 Å². The third-order valence-electron chi connectivity index (χ3n) is 5.97. The highest BCUT2D eigenvalue weighted by molar-refractivity contribution is 9.10. The van der Waals surface area contributed by atoms with E-state index < -0.39 is 17.8 Å². The lowest BCUT2D eigenvalue weighted by Crippen LogP contribution is -2.54. The Hall–Kier alpha value is -4.43. The van der Waals surface area contributed by atoms with Crippen molar-refractivity contribution in [2.24, 2.45) is 0 Å². The smallest absolute Gasteiger partial charge is 0.335 e. The summed E-state index contributed by atoms with van der Waals surface area (Å²) in [6.45, 7) is 2.60. The number of imide groups is 2. The second-order valence-corrected chi connectivity index (χ2v) is 9.46. The number of barbiturate groups is 1. The molecule has 0 bridgehead atoms. The summed E-state index contributed by atoms with van der Waals surface area (Å²) >= 11 is 3.33. The highest BCUT2D eigenvalue weighted by atomic mass is 79.9. The first-order valence-electron chi connectivity index (χ1n) is 12.0. The van der Waals surface area contributed by atoms with Crippen LogP contribution < -0.4 is 19.7 Å². The van der Waals surface area contributed by atoms with Crippen molar-refractivity contribution in [3.8, 4) is 11.5 Å². The first-order chi connectivity index (χ1) is 18.4. The van der Waals surface area contributed by atoms with Crippen molar-refractivity contribution >= 4 is 56.3 Å². The summed E-state index contributed by atoms with van der Waals surface area (Å²) in [5.41, 5.74) is 1.75. The summed E-state index contributed by atoms with van der Waals surface area (Å²) in [4.78, 5) is 39.1. The van der Waals surface area contributed by atoms with Crippen molar-refractivity contribution in [1.29, 1.82) is 0 Å². The van der Waals surface area contributed by atoms with E-state index in [1.807, 2.05) is 25.1 Å². The van der Waals surface area contributed by atoms with Crippen LogP contribution in [0.2, 0.25) is 0 Å². The van der Waals surface area contributed by atoms with Crippen LogP contribution in [-0.4, -0.2) is 24.5 Å². The number of rotatable bonds is 7. The van der Waals surface area contributed by atoms with Gasteiger partial charge in [-0.05, 0) is 77.4 Å². The number of carbonyl (C=O) groups is 3. The van der Waals surface area contributed by atoms with Crippen molar-refractivity contribution < 1.29 is 23.9 Å². The van der Waals surface area contributed by atoms with E-state index in [0.717, 1.165) is 25.7 Å². The van der Waals surface area contributed by atoms with Crippen LogP contribution in [0.5, 0.6) is 11.5 Å². The van der Waals surface area contributed by atoms with E-state index in [0.29, 0.717) is 36.0 Å². The highest BCUT2D eigenvalue weighted by Crippen LogP contribution is 2.31. The molecule has 190 valence electrons. The van der Waals surface area contributed by atoms with Gasteiger partial charge in [0.2, 0.25) is 0 Å². The molecule has 0 unspecified atom stereocenters. The number of fused-ring (bicyclic) bond motifs is 1. The summed E-state index contributed by atoms with van der Waals surface area (Å²) in [6.07, 6.45) is 1.44. The lowest BCUT2D eigenvalue weighted by molar-refractivity contribution is -0.122. The second-order valence-electron chi connectivity index (χ2n) is 8.54. The van der Waals surface area contributed by atoms with Gasteiger partial charge in [-0.1, -0.05) is 58.4 Å². The van der Waals surface area contributed by atoms with E-state index >= 15 is 0 Å². The van der Waals surface area contributed by atoms with Crippen LogP contribution in [0.3, 0.4) is 0 Å². The Bertz CT molecular complexity index is 1580. The molecule has 1 aliphatic rings. The molecule has 1 fully saturated rings. The summed E-state index contributed by atoms with van der Waals surface area (Å²) in [5, 5.41) is 4.53. The zero-order valence-electron chi connectivity index (χ0n) is 20.4. The van der Waals surface area contributed by atoms with Gasteiger partial charge < -0.3 is 9.47 Å². The van der Waals surface area contributed by atoms with Crippen molar-refractivity contribution in [1.82, 2.24) is 5.32 Å². The molecule has 1 aliphatic heterocycles. The molecular formula is C30H23BrN2O5. The van der Waals surface area contributed by atoms with E-state index in [2.05, 4.69) is 45.5 Å². The molecule has 0 spiro atoms. The Labute approximate surface area is 227 Å². The number of halogens is 1. The fourth-order valence-corrected chi connectivity index (χ4v) is 4.40. The number of nitrogens with one attached hydrogen (secondary N) is 1. The first-order valence-corrected chi connectivity index (χ1v) is 12.8. The van der Waals surface area contributed by atoms with Crippen LogP contribution in [0.15, 0.2) is 95.0 Å². The highest BCUT2D eigenvalue weighted by Gasteiger charge is 2.36. The zero-order valence-corrected chi connectivity index (χ0v) is 22.0. The molecule has 5 rings (SSSR count). The fourth-order valence-electron chi connectivity index (χ4n) is 4.14. The van der Waals surface area contributed by atoms with Gasteiger partial charge >= 0.3 is 6.03 Å². The molecule has 38 heavy (non-hydrogen) atoms. The lowest BCUT2D eigenvalue weighted by atomic mass is 10.1. The van der Waals surface area contributed by atoms with Gasteiger partial charge in [-0.2, -0.15) is 0 Å². The Kier molecular flexibility index (Phi) is 7.24. The summed E-state index contributed by atoms with van der Waals surface area (Å²) in [6, 6.07) is 25.3. The maximum absolute atomic E-state index is 13.2. The van der Waals surface area contributed by atoms with Crippen LogP contribution >= 0.6 is 15.9 Å². The molecular weight excluding hydrogens is 548 g/mol. The Morgan fingerprint density at radius 3 is 2.37 bits per heavy atom. The van der Waals surface area contributed by atoms with Gasteiger partial charge in [0.1, 0.15) is 12.2 Å². The number of carbonyl (C=O) groups excluding carboxylic acids is 3. The van der Waals surface area contributed by atoms with Gasteiger partial charge in [0.15, 0.2) is 11.5 Å². The maximum atomic E-state index is 13.2. The number of urea groups is 1. The summed E-state index contributed by atoms with van der Waals surface area (Å²) in [5.74, 6) is -0.459. The fraction of sp³-hybridized carbons (Fsp3) is 0.100. The molecule has 4 aromatic carbocycles. The summed E-state index contributed by atoms with van der Waals surface area (Å²) in [7, 11) is 0. The standard InChI is InChI=1S/C30H23BrN2O5/c1-2-37-27-17-19(8-14-26(27)38-18-20-7-9-21-5-3-4-6-22(21)15-20)16-25-28(34)32-30(36)33(29(25)35)24-12-10-23(31)11-13-24/h3-17H,2,18H2,1H3,(H,32,34,36)/b25-16+. The SMILES string of the molecule is CCOc1cc(/C=C2\C(=O)NC(=O)N(c3ccc(Br)cc3)C2=O)ccc1OCc1ccc2ccccc2c1. The number of hydrogen-bond donors (Lipinski definition) is 1. The second kappa shape index (κ2) is 10.9. The third kappa shape index (κ3) is 5.31. The summed E-state index contributed by atoms with van der Waals surface area (Å²) < 4.78 is 12.6. The van der Waals surface area contributed by atoms with Crippen LogP contribution in [0, 0.1) is 0 Å². The average Bonchev–Trinajstić information content (AvgIpc) is 2.91. The Morgan fingerprint density at radius 1 is 0.842 bits per heavy atom. The number of anilines is 1. The predicted octanol–water partition coefficient (Wildman–Crippen LogP) is 6.25. The van der Waals surface area contributed by atoms with Crippen LogP contribution in [0.4, 0.5) is 10.5 Å². The van der Waals surface area contributed by atoms with Gasteiger partial charge in [-0.15, -0.1) is 0 Å². The minimum Gasteiger partial charge on any atom is -0.490 e. The molecule has 0 aromatic heterocycles. The van der Waals surface area contributed by atoms with Gasteiger partial charge in [0.05, 0.1) is 12.3 Å². The predicted molar refractivity (Wildman–Crippen MR) is 149 cm³/mol. The van der Waals surface area contributed by atoms with Crippen molar-refractivity contribution in [3.63, 3.8) is 0 Å². The molecule has 0 saturated carbocycles. The molecule has 0 aliphatic carbocycles. The minimum absolute atomic E-state index is 0.167. The van der Waals surface area contributed by atoms with Gasteiger partial charge in [0, 0.05) is 4.47 Å². The normalized spacial score (nSPS) is 14.6. The Balaban J connectivity index is 1.39. The van der Waals surface area contributed by atoms with E-state index in [1.54, 1.807) is 42.5 Å². The molecule has 1 N–H and O–H groups in total. The molecule has 0 radical (unpaired) electrons. The van der Waals surface area contributed by atoms with Gasteiger partial charge in [0.25, 0.3) is 11.8 Å². The number of benzene rings is 4. The molecule has 1 saturated heterocycles. The van der Waals surface area contributed by atoms with E-state index in [4.69, 9.17) is 9.47 Å². The van der Waals surface area contributed by atoms with Crippen LogP contribution in [0.1, 0.15) is 18.1 Å². The maximum Gasteiger partial charge on any atom is 0.335 e. The zero-order chi connectivity index (χ0) is 26.6. The molecule has 1 heterocycles. The van der Waals surface area contributed by atoms with E-state index in [9.17, 15) is 14.4 Å². The van der Waals surface area contributed by atoms with Gasteiger partial charge in [-0.25, -0.2) is 9.69 Å². The van der Waals surface area contributed by atoms with Crippen LogP contribution in [-0.2, 0) is 16.2 Å². The molecule has 0 atom stereocenters. The van der Waals surface area contributed by atoms with E-state index in [1.165, 1.54) is 6.08 Å². The van der Waals surface area contributed by atoms with Crippen molar-refractivity contribution in [2.75, 3.05) is 11.5 Å². The third-order valence-corrected chi connectivity index (χ3v) is 6.50. The molecule has 4 amide bonds. The number of ether oxygens (including phenoxy) is 2. The minimum atomic E-state index is -0.799. The molecule has 7 nitrogen and oxygen atoms in total. The number of nitrogens with zero attached hydrogens (tertiary/aromatic N) is 1. The monoisotopic (exact) mass is 570 g/mol. The molecule has 8 heteroatoms. The molecule has 4 aromatic rings. The largest absolute Gasteiger partial charge is 0.490 e.